The van der Waals surface area contributed by atoms with Crippen LogP contribution in [-0.2, 0) is 10.5 Å². The van der Waals surface area contributed by atoms with Gasteiger partial charge in [0.15, 0.2) is 0 Å². The zero-order valence-corrected chi connectivity index (χ0v) is 11.5. The van der Waals surface area contributed by atoms with Crippen molar-refractivity contribution in [3.05, 3.63) is 54.0 Å². The molecule has 19 heavy (non-hydrogen) atoms. The van der Waals surface area contributed by atoms with Gasteiger partial charge in [0.25, 0.3) is 0 Å². The average Bonchev–Trinajstić information content (AvgIpc) is 2.43. The summed E-state index contributed by atoms with van der Waals surface area (Å²) in [7, 11) is 0. The lowest BCUT2D eigenvalue weighted by atomic mass is 10.3. The summed E-state index contributed by atoms with van der Waals surface area (Å²) in [5.74, 6) is 1.79. The fraction of sp³-hybridized carbons (Fsp3) is 0.214. The van der Waals surface area contributed by atoms with Gasteiger partial charge in [0, 0.05) is 24.3 Å². The second-order valence-corrected chi connectivity index (χ2v) is 5.06. The van der Waals surface area contributed by atoms with Crippen LogP contribution in [0.2, 0.25) is 0 Å². The van der Waals surface area contributed by atoms with Gasteiger partial charge in [-0.15, -0.1) is 11.8 Å². The number of thioether (sulfide) groups is 1. The third-order valence-electron chi connectivity index (χ3n) is 2.49. The molecule has 2 aromatic rings. The Labute approximate surface area is 116 Å². The van der Waals surface area contributed by atoms with Crippen LogP contribution >= 0.6 is 11.8 Å². The molecule has 0 aliphatic carbocycles. The summed E-state index contributed by atoms with van der Waals surface area (Å²) in [6.07, 6.45) is 5.23. The predicted octanol–water partition coefficient (Wildman–Crippen LogP) is 2.66. The molecular weight excluding hydrogens is 258 g/mol. The first-order valence-corrected chi connectivity index (χ1v) is 7.09. The van der Waals surface area contributed by atoms with Crippen LogP contribution in [0.5, 0.6) is 0 Å². The van der Waals surface area contributed by atoms with E-state index in [4.69, 9.17) is 0 Å². The number of aromatic nitrogens is 2. The average molecular weight is 273 g/mol. The highest BCUT2D eigenvalue weighted by Gasteiger charge is 2.05. The predicted molar refractivity (Wildman–Crippen MR) is 78.0 cm³/mol. The van der Waals surface area contributed by atoms with Crippen molar-refractivity contribution in [1.29, 1.82) is 0 Å². The highest BCUT2D eigenvalue weighted by Crippen LogP contribution is 2.13. The maximum Gasteiger partial charge on any atom is 0.235 e. The summed E-state index contributed by atoms with van der Waals surface area (Å²) in [6.45, 7) is 1.92. The Balaban J connectivity index is 1.78. The first kappa shape index (κ1) is 13.5. The molecule has 5 heteroatoms. The first-order chi connectivity index (χ1) is 9.25. The standard InChI is InChI=1S/C14H15N3OS/c1-11-4-2-7-16-14(11)17-13(18)10-19-9-12-5-3-6-15-8-12/h2-8H,9-10H2,1H3,(H,16,17,18). The molecule has 98 valence electrons. The fourth-order valence-corrected chi connectivity index (χ4v) is 2.30. The van der Waals surface area contributed by atoms with E-state index in [1.54, 1.807) is 24.2 Å². The molecule has 0 aliphatic heterocycles. The zero-order chi connectivity index (χ0) is 13.5. The van der Waals surface area contributed by atoms with Gasteiger partial charge >= 0.3 is 0 Å². The Morgan fingerprint density at radius 2 is 2.16 bits per heavy atom. The largest absolute Gasteiger partial charge is 0.310 e. The van der Waals surface area contributed by atoms with E-state index in [2.05, 4.69) is 15.3 Å². The molecule has 0 radical (unpaired) electrons. The Bertz CT molecular complexity index is 545. The number of anilines is 1. The number of hydrogen-bond donors (Lipinski definition) is 1. The zero-order valence-electron chi connectivity index (χ0n) is 10.7. The van der Waals surface area contributed by atoms with Crippen molar-refractivity contribution in [1.82, 2.24) is 9.97 Å². The smallest absolute Gasteiger partial charge is 0.235 e. The quantitative estimate of drug-likeness (QED) is 0.910. The lowest BCUT2D eigenvalue weighted by molar-refractivity contribution is -0.113. The Hall–Kier alpha value is -1.88. The molecule has 0 aromatic carbocycles. The number of nitrogens with one attached hydrogen (secondary N) is 1. The van der Waals surface area contributed by atoms with Crippen LogP contribution in [0.25, 0.3) is 0 Å². The van der Waals surface area contributed by atoms with Crippen LogP contribution in [0, 0.1) is 6.92 Å². The normalized spacial score (nSPS) is 10.2. The van der Waals surface area contributed by atoms with E-state index < -0.39 is 0 Å². The van der Waals surface area contributed by atoms with E-state index in [1.165, 1.54) is 0 Å². The van der Waals surface area contributed by atoms with Crippen LogP contribution in [0.3, 0.4) is 0 Å². The van der Waals surface area contributed by atoms with Crippen LogP contribution in [0.15, 0.2) is 42.9 Å². The molecule has 0 spiro atoms. The highest BCUT2D eigenvalue weighted by molar-refractivity contribution is 7.99. The van der Waals surface area contributed by atoms with Crippen molar-refractivity contribution in [2.45, 2.75) is 12.7 Å². The molecule has 2 heterocycles. The van der Waals surface area contributed by atoms with Gasteiger partial charge in [0.1, 0.15) is 5.82 Å². The molecule has 1 amide bonds. The number of aryl methyl sites for hydroxylation is 1. The van der Waals surface area contributed by atoms with Crippen molar-refractivity contribution in [2.75, 3.05) is 11.1 Å². The molecule has 0 aliphatic rings. The number of rotatable bonds is 5. The highest BCUT2D eigenvalue weighted by atomic mass is 32.2. The molecular formula is C14H15N3OS. The van der Waals surface area contributed by atoms with Crippen molar-refractivity contribution >= 4 is 23.5 Å². The number of carbonyl (C=O) groups is 1. The second-order valence-electron chi connectivity index (χ2n) is 4.07. The van der Waals surface area contributed by atoms with E-state index in [0.29, 0.717) is 11.6 Å². The minimum atomic E-state index is -0.0318. The number of amides is 1. The fourth-order valence-electron chi connectivity index (χ4n) is 1.53. The van der Waals surface area contributed by atoms with Crippen molar-refractivity contribution < 1.29 is 4.79 Å². The molecule has 2 rings (SSSR count). The third kappa shape index (κ3) is 4.37. The van der Waals surface area contributed by atoms with Gasteiger partial charge in [-0.25, -0.2) is 4.98 Å². The summed E-state index contributed by atoms with van der Waals surface area (Å²) in [5, 5.41) is 2.81. The Morgan fingerprint density at radius 1 is 1.32 bits per heavy atom. The van der Waals surface area contributed by atoms with Gasteiger partial charge in [-0.2, -0.15) is 0 Å². The van der Waals surface area contributed by atoms with Crippen LogP contribution in [-0.4, -0.2) is 21.6 Å². The monoisotopic (exact) mass is 273 g/mol. The maximum atomic E-state index is 11.8. The van der Waals surface area contributed by atoms with Gasteiger partial charge in [-0.3, -0.25) is 9.78 Å². The lowest BCUT2D eigenvalue weighted by Gasteiger charge is -2.06. The van der Waals surface area contributed by atoms with Gasteiger partial charge < -0.3 is 5.32 Å². The summed E-state index contributed by atoms with van der Waals surface area (Å²) < 4.78 is 0. The van der Waals surface area contributed by atoms with E-state index in [-0.39, 0.29) is 5.91 Å². The number of carbonyl (C=O) groups excluding carboxylic acids is 1. The summed E-state index contributed by atoms with van der Waals surface area (Å²) in [4.78, 5) is 19.9. The van der Waals surface area contributed by atoms with Crippen molar-refractivity contribution in [2.24, 2.45) is 0 Å². The second kappa shape index (κ2) is 6.89. The first-order valence-electron chi connectivity index (χ1n) is 5.94. The third-order valence-corrected chi connectivity index (χ3v) is 3.50. The van der Waals surface area contributed by atoms with Crippen molar-refractivity contribution in [3.8, 4) is 0 Å². The van der Waals surface area contributed by atoms with Gasteiger partial charge in [-0.1, -0.05) is 12.1 Å². The van der Waals surface area contributed by atoms with Gasteiger partial charge in [-0.05, 0) is 30.2 Å². The lowest BCUT2D eigenvalue weighted by Crippen LogP contribution is -2.15. The van der Waals surface area contributed by atoms with Crippen LogP contribution < -0.4 is 5.32 Å². The topological polar surface area (TPSA) is 54.9 Å². The Kier molecular flexibility index (Phi) is 4.92. The molecule has 2 aromatic heterocycles. The van der Waals surface area contributed by atoms with Crippen LogP contribution in [0.1, 0.15) is 11.1 Å². The molecule has 0 saturated heterocycles. The Morgan fingerprint density at radius 3 is 2.89 bits per heavy atom. The molecule has 0 fully saturated rings. The molecule has 0 atom stereocenters. The molecule has 4 nitrogen and oxygen atoms in total. The summed E-state index contributed by atoms with van der Waals surface area (Å²) in [5.41, 5.74) is 2.09. The van der Waals surface area contributed by atoms with E-state index in [0.717, 1.165) is 16.9 Å². The van der Waals surface area contributed by atoms with E-state index >= 15 is 0 Å². The number of pyridine rings is 2. The summed E-state index contributed by atoms with van der Waals surface area (Å²) >= 11 is 1.56. The van der Waals surface area contributed by atoms with E-state index in [9.17, 15) is 4.79 Å². The molecule has 1 N–H and O–H groups in total. The van der Waals surface area contributed by atoms with Gasteiger partial charge in [0.2, 0.25) is 5.91 Å². The van der Waals surface area contributed by atoms with E-state index in [1.807, 2.05) is 37.4 Å². The summed E-state index contributed by atoms with van der Waals surface area (Å²) in [6, 6.07) is 7.67. The minimum Gasteiger partial charge on any atom is -0.310 e. The molecule has 0 unspecified atom stereocenters. The molecule has 0 saturated carbocycles. The van der Waals surface area contributed by atoms with Gasteiger partial charge in [0.05, 0.1) is 5.75 Å². The number of hydrogen-bond acceptors (Lipinski definition) is 4. The van der Waals surface area contributed by atoms with Crippen molar-refractivity contribution in [3.63, 3.8) is 0 Å². The molecule has 0 bridgehead atoms. The minimum absolute atomic E-state index is 0.0318. The SMILES string of the molecule is Cc1cccnc1NC(=O)CSCc1cccnc1. The number of nitrogens with zero attached hydrogens (tertiary/aromatic N) is 2. The van der Waals surface area contributed by atoms with Crippen LogP contribution in [0.4, 0.5) is 5.82 Å². The maximum absolute atomic E-state index is 11.8.